The maximum Gasteiger partial charge on any atom is 0.264 e. The Labute approximate surface area is 146 Å². The van der Waals surface area contributed by atoms with Crippen LogP contribution in [0.1, 0.15) is 41.5 Å². The number of hydrogen-bond acceptors (Lipinski definition) is 2. The molecule has 21 heavy (non-hydrogen) atoms. The van der Waals surface area contributed by atoms with Crippen LogP contribution in [0.25, 0.3) is 0 Å². The first-order valence-corrected chi connectivity index (χ1v) is 9.25. The Balaban J connectivity index is 2.30. The molecule has 0 aliphatic rings. The average Bonchev–Trinajstić information content (AvgIpc) is 2.90. The predicted molar refractivity (Wildman–Crippen MR) is 95.9 cm³/mol. The Morgan fingerprint density at radius 2 is 1.95 bits per heavy atom. The van der Waals surface area contributed by atoms with E-state index in [1.165, 1.54) is 11.3 Å². The van der Waals surface area contributed by atoms with Gasteiger partial charge in [0.1, 0.15) is 0 Å². The van der Waals surface area contributed by atoms with E-state index < -0.39 is 0 Å². The fourth-order valence-corrected chi connectivity index (χ4v) is 4.22. The molecule has 0 radical (unpaired) electrons. The fourth-order valence-electron chi connectivity index (χ4n) is 2.26. The monoisotopic (exact) mass is 429 g/mol. The van der Waals surface area contributed by atoms with Crippen molar-refractivity contribution in [1.82, 2.24) is 4.90 Å². The molecule has 1 atom stereocenters. The van der Waals surface area contributed by atoms with Gasteiger partial charge in [-0.15, -0.1) is 11.3 Å². The SMILES string of the molecule is CCCN(C(=O)c1ccc(Br)s1)C(C)c1ccccc1Br. The summed E-state index contributed by atoms with van der Waals surface area (Å²) in [5.74, 6) is 0.0933. The lowest BCUT2D eigenvalue weighted by molar-refractivity contribution is 0.0695. The first-order chi connectivity index (χ1) is 10.0. The maximum absolute atomic E-state index is 12.8. The van der Waals surface area contributed by atoms with E-state index in [0.717, 1.165) is 31.7 Å². The number of nitrogens with zero attached hydrogens (tertiary/aromatic N) is 1. The lowest BCUT2D eigenvalue weighted by Crippen LogP contribution is -2.34. The highest BCUT2D eigenvalue weighted by Gasteiger charge is 2.24. The molecule has 0 saturated carbocycles. The molecule has 5 heteroatoms. The molecule has 2 aromatic rings. The third kappa shape index (κ3) is 3.96. The molecular formula is C16H17Br2NOS. The van der Waals surface area contributed by atoms with Crippen LogP contribution in [0.15, 0.2) is 44.7 Å². The third-order valence-corrected chi connectivity index (χ3v) is 5.67. The molecule has 0 saturated heterocycles. The first kappa shape index (κ1) is 16.7. The lowest BCUT2D eigenvalue weighted by atomic mass is 10.1. The van der Waals surface area contributed by atoms with Gasteiger partial charge < -0.3 is 4.90 Å². The summed E-state index contributed by atoms with van der Waals surface area (Å²) in [5.41, 5.74) is 1.13. The van der Waals surface area contributed by atoms with Crippen molar-refractivity contribution >= 4 is 49.1 Å². The quantitative estimate of drug-likeness (QED) is 0.579. The van der Waals surface area contributed by atoms with Crippen LogP contribution in [0, 0.1) is 0 Å². The number of hydrogen-bond donors (Lipinski definition) is 0. The smallest absolute Gasteiger partial charge is 0.264 e. The maximum atomic E-state index is 12.8. The number of carbonyl (C=O) groups is 1. The van der Waals surface area contributed by atoms with Crippen LogP contribution in [0.2, 0.25) is 0 Å². The van der Waals surface area contributed by atoms with E-state index in [4.69, 9.17) is 0 Å². The summed E-state index contributed by atoms with van der Waals surface area (Å²) in [4.78, 5) is 15.5. The van der Waals surface area contributed by atoms with E-state index in [1.54, 1.807) is 0 Å². The van der Waals surface area contributed by atoms with Gasteiger partial charge in [0.05, 0.1) is 14.7 Å². The van der Waals surface area contributed by atoms with Gasteiger partial charge >= 0.3 is 0 Å². The molecule has 0 aliphatic carbocycles. The Hall–Kier alpha value is -0.650. The second kappa shape index (κ2) is 7.56. The van der Waals surface area contributed by atoms with Gasteiger partial charge in [-0.3, -0.25) is 4.79 Å². The summed E-state index contributed by atoms with van der Waals surface area (Å²) in [6.07, 6.45) is 0.938. The zero-order valence-electron chi connectivity index (χ0n) is 12.0. The second-order valence-corrected chi connectivity index (χ2v) is 8.12. The molecule has 1 aromatic carbocycles. The molecule has 0 aliphatic heterocycles. The minimum atomic E-state index is 0.0360. The van der Waals surface area contributed by atoms with E-state index in [-0.39, 0.29) is 11.9 Å². The lowest BCUT2D eigenvalue weighted by Gasteiger charge is -2.29. The molecule has 1 heterocycles. The molecule has 1 unspecified atom stereocenters. The standard InChI is InChI=1S/C16H17Br2NOS/c1-3-10-19(16(20)14-8-9-15(18)21-14)11(2)12-6-4-5-7-13(12)17/h4-9,11H,3,10H2,1-2H3. The first-order valence-electron chi connectivity index (χ1n) is 6.85. The number of carbonyl (C=O) groups excluding carboxylic acids is 1. The van der Waals surface area contributed by atoms with Crippen molar-refractivity contribution in [2.45, 2.75) is 26.3 Å². The Kier molecular flexibility index (Phi) is 6.02. The van der Waals surface area contributed by atoms with E-state index in [2.05, 4.69) is 51.8 Å². The van der Waals surface area contributed by atoms with Gasteiger partial charge in [-0.1, -0.05) is 41.1 Å². The summed E-state index contributed by atoms with van der Waals surface area (Å²) in [6.45, 7) is 4.92. The van der Waals surface area contributed by atoms with E-state index in [9.17, 15) is 4.79 Å². The van der Waals surface area contributed by atoms with Crippen LogP contribution in [-0.2, 0) is 0 Å². The zero-order chi connectivity index (χ0) is 15.4. The van der Waals surface area contributed by atoms with Crippen LogP contribution in [-0.4, -0.2) is 17.4 Å². The molecule has 0 spiro atoms. The van der Waals surface area contributed by atoms with Crippen molar-refractivity contribution in [2.24, 2.45) is 0 Å². The van der Waals surface area contributed by atoms with Crippen LogP contribution >= 0.6 is 43.2 Å². The Morgan fingerprint density at radius 3 is 2.52 bits per heavy atom. The van der Waals surface area contributed by atoms with E-state index >= 15 is 0 Å². The molecule has 1 aromatic heterocycles. The number of halogens is 2. The highest BCUT2D eigenvalue weighted by atomic mass is 79.9. The van der Waals surface area contributed by atoms with Crippen LogP contribution in [0.3, 0.4) is 0 Å². The summed E-state index contributed by atoms with van der Waals surface area (Å²) in [7, 11) is 0. The fraction of sp³-hybridized carbons (Fsp3) is 0.312. The largest absolute Gasteiger partial charge is 0.331 e. The Morgan fingerprint density at radius 1 is 1.24 bits per heavy atom. The second-order valence-electron chi connectivity index (χ2n) is 4.80. The van der Waals surface area contributed by atoms with Crippen molar-refractivity contribution in [2.75, 3.05) is 6.54 Å². The number of rotatable bonds is 5. The highest BCUT2D eigenvalue weighted by molar-refractivity contribution is 9.11. The number of thiophene rings is 1. The van der Waals surface area contributed by atoms with Crippen LogP contribution in [0.5, 0.6) is 0 Å². The molecule has 1 amide bonds. The number of amides is 1. The molecule has 2 nitrogen and oxygen atoms in total. The van der Waals surface area contributed by atoms with Gasteiger partial charge in [0.15, 0.2) is 0 Å². The van der Waals surface area contributed by atoms with E-state index in [0.29, 0.717) is 0 Å². The molecule has 112 valence electrons. The van der Waals surface area contributed by atoms with Crippen LogP contribution in [0.4, 0.5) is 0 Å². The van der Waals surface area contributed by atoms with Gasteiger partial charge in [0.25, 0.3) is 5.91 Å². The molecular weight excluding hydrogens is 414 g/mol. The van der Waals surface area contributed by atoms with Gasteiger partial charge in [0.2, 0.25) is 0 Å². The topological polar surface area (TPSA) is 20.3 Å². The molecule has 2 rings (SSSR count). The van der Waals surface area contributed by atoms with Gasteiger partial charge in [0, 0.05) is 11.0 Å². The average molecular weight is 431 g/mol. The predicted octanol–water partition coefficient (Wildman–Crippen LogP) is 5.89. The van der Waals surface area contributed by atoms with Gasteiger partial charge in [-0.2, -0.15) is 0 Å². The minimum absolute atomic E-state index is 0.0360. The summed E-state index contributed by atoms with van der Waals surface area (Å²) < 4.78 is 2.02. The number of benzene rings is 1. The van der Waals surface area contributed by atoms with Crippen molar-refractivity contribution in [3.63, 3.8) is 0 Å². The summed E-state index contributed by atoms with van der Waals surface area (Å²) >= 11 is 8.49. The summed E-state index contributed by atoms with van der Waals surface area (Å²) in [6, 6.07) is 11.9. The van der Waals surface area contributed by atoms with Crippen molar-refractivity contribution < 1.29 is 4.79 Å². The zero-order valence-corrected chi connectivity index (χ0v) is 16.0. The molecule has 0 fully saturated rings. The summed E-state index contributed by atoms with van der Waals surface area (Å²) in [5, 5.41) is 0. The van der Waals surface area contributed by atoms with E-state index in [1.807, 2.05) is 35.2 Å². The van der Waals surface area contributed by atoms with Crippen LogP contribution < -0.4 is 0 Å². The molecule has 0 bridgehead atoms. The van der Waals surface area contributed by atoms with Gasteiger partial charge in [-0.25, -0.2) is 0 Å². The molecule has 0 N–H and O–H groups in total. The van der Waals surface area contributed by atoms with Crippen molar-refractivity contribution in [3.05, 3.63) is 55.1 Å². The minimum Gasteiger partial charge on any atom is -0.331 e. The van der Waals surface area contributed by atoms with Crippen molar-refractivity contribution in [3.8, 4) is 0 Å². The van der Waals surface area contributed by atoms with Gasteiger partial charge in [-0.05, 0) is 53.0 Å². The highest BCUT2D eigenvalue weighted by Crippen LogP contribution is 2.30. The normalized spacial score (nSPS) is 12.2. The Bertz CT molecular complexity index is 626. The third-order valence-electron chi connectivity index (χ3n) is 3.33. The van der Waals surface area contributed by atoms with Crippen molar-refractivity contribution in [1.29, 1.82) is 0 Å².